The van der Waals surface area contributed by atoms with Crippen molar-refractivity contribution in [2.75, 3.05) is 26.2 Å². The van der Waals surface area contributed by atoms with Crippen molar-refractivity contribution in [2.45, 2.75) is 63.8 Å². The molecular formula is C22H32N2O. The van der Waals surface area contributed by atoms with Crippen LogP contribution >= 0.6 is 0 Å². The van der Waals surface area contributed by atoms with E-state index in [2.05, 4.69) is 40.1 Å². The molecule has 3 nitrogen and oxygen atoms in total. The molecular weight excluding hydrogens is 308 g/mol. The minimum atomic E-state index is 0.367. The number of amides is 1. The Morgan fingerprint density at radius 2 is 1.80 bits per heavy atom. The van der Waals surface area contributed by atoms with Crippen LogP contribution in [-0.4, -0.2) is 47.9 Å². The third-order valence-corrected chi connectivity index (χ3v) is 6.79. The second-order valence-corrected chi connectivity index (χ2v) is 8.56. The highest BCUT2D eigenvalue weighted by molar-refractivity contribution is 5.77. The van der Waals surface area contributed by atoms with Gasteiger partial charge in [-0.3, -0.25) is 9.69 Å². The number of rotatable bonds is 4. The molecule has 4 rings (SSSR count). The molecule has 0 N–H and O–H groups in total. The molecule has 0 aromatic heterocycles. The summed E-state index contributed by atoms with van der Waals surface area (Å²) in [5.41, 5.74) is 1.71. The molecule has 1 aromatic rings. The Bertz CT molecular complexity index is 581. The summed E-state index contributed by atoms with van der Waals surface area (Å²) in [7, 11) is 0. The van der Waals surface area contributed by atoms with Crippen LogP contribution in [0.2, 0.25) is 0 Å². The quantitative estimate of drug-likeness (QED) is 0.830. The normalized spacial score (nSPS) is 28.8. The lowest BCUT2D eigenvalue weighted by Crippen LogP contribution is -2.55. The van der Waals surface area contributed by atoms with Gasteiger partial charge in [-0.2, -0.15) is 0 Å². The van der Waals surface area contributed by atoms with E-state index in [-0.39, 0.29) is 0 Å². The summed E-state index contributed by atoms with van der Waals surface area (Å²) in [5, 5.41) is 0. The van der Waals surface area contributed by atoms with Gasteiger partial charge in [0.2, 0.25) is 5.91 Å². The van der Waals surface area contributed by atoms with E-state index in [1.807, 2.05) is 0 Å². The van der Waals surface area contributed by atoms with Crippen molar-refractivity contribution in [3.63, 3.8) is 0 Å². The van der Waals surface area contributed by atoms with Crippen molar-refractivity contribution in [3.8, 4) is 0 Å². The lowest BCUT2D eigenvalue weighted by atomic mass is 9.73. The molecule has 1 aromatic carbocycles. The first-order valence-corrected chi connectivity index (χ1v) is 10.3. The van der Waals surface area contributed by atoms with E-state index in [0.717, 1.165) is 38.4 Å². The molecule has 3 heteroatoms. The van der Waals surface area contributed by atoms with E-state index in [1.54, 1.807) is 0 Å². The van der Waals surface area contributed by atoms with Crippen LogP contribution < -0.4 is 0 Å². The summed E-state index contributed by atoms with van der Waals surface area (Å²) in [4.78, 5) is 17.4. The third kappa shape index (κ3) is 3.92. The molecule has 0 radical (unpaired) electrons. The SMILES string of the molecule is O=C1CC[C@]2(CCCN(C3CCCC3)C2)CN1CCc1ccccc1. The lowest BCUT2D eigenvalue weighted by molar-refractivity contribution is -0.139. The maximum atomic E-state index is 12.5. The van der Waals surface area contributed by atoms with E-state index in [4.69, 9.17) is 0 Å². The molecule has 2 aliphatic heterocycles. The topological polar surface area (TPSA) is 23.6 Å². The maximum absolute atomic E-state index is 12.5. The van der Waals surface area contributed by atoms with Crippen LogP contribution in [0.25, 0.3) is 0 Å². The monoisotopic (exact) mass is 340 g/mol. The number of hydrogen-bond acceptors (Lipinski definition) is 2. The Morgan fingerprint density at radius 3 is 2.60 bits per heavy atom. The smallest absolute Gasteiger partial charge is 0.222 e. The van der Waals surface area contributed by atoms with Crippen LogP contribution in [0.15, 0.2) is 30.3 Å². The number of carbonyl (C=O) groups excluding carboxylic acids is 1. The van der Waals surface area contributed by atoms with Gasteiger partial charge < -0.3 is 4.90 Å². The highest BCUT2D eigenvalue weighted by atomic mass is 16.2. The van der Waals surface area contributed by atoms with Gasteiger partial charge in [-0.1, -0.05) is 43.2 Å². The average Bonchev–Trinajstić information content (AvgIpc) is 3.19. The second kappa shape index (κ2) is 7.49. The van der Waals surface area contributed by atoms with Gasteiger partial charge in [0, 0.05) is 37.5 Å². The molecule has 0 bridgehead atoms. The summed E-state index contributed by atoms with van der Waals surface area (Å²) < 4.78 is 0. The van der Waals surface area contributed by atoms with Crippen LogP contribution in [0.3, 0.4) is 0 Å². The van der Waals surface area contributed by atoms with Crippen LogP contribution in [0, 0.1) is 5.41 Å². The molecule has 3 aliphatic rings. The Kier molecular flexibility index (Phi) is 5.12. The number of likely N-dealkylation sites (tertiary alicyclic amines) is 2. The van der Waals surface area contributed by atoms with Gasteiger partial charge in [-0.25, -0.2) is 0 Å². The van der Waals surface area contributed by atoms with E-state index < -0.39 is 0 Å². The third-order valence-electron chi connectivity index (χ3n) is 6.79. The van der Waals surface area contributed by atoms with E-state index in [0.29, 0.717) is 11.3 Å². The number of carbonyl (C=O) groups is 1. The van der Waals surface area contributed by atoms with Crippen molar-refractivity contribution >= 4 is 5.91 Å². The first kappa shape index (κ1) is 17.1. The number of piperidine rings is 2. The summed E-state index contributed by atoms with van der Waals surface area (Å²) in [6, 6.07) is 11.4. The Morgan fingerprint density at radius 1 is 1.00 bits per heavy atom. The molecule has 1 saturated carbocycles. The molecule has 2 heterocycles. The van der Waals surface area contributed by atoms with Crippen LogP contribution in [0.5, 0.6) is 0 Å². The molecule has 3 fully saturated rings. The molecule has 1 aliphatic carbocycles. The second-order valence-electron chi connectivity index (χ2n) is 8.56. The predicted molar refractivity (Wildman–Crippen MR) is 101 cm³/mol. The van der Waals surface area contributed by atoms with E-state index in [1.165, 1.54) is 57.2 Å². The van der Waals surface area contributed by atoms with Crippen molar-refractivity contribution in [1.29, 1.82) is 0 Å². The highest BCUT2D eigenvalue weighted by Crippen LogP contribution is 2.41. The summed E-state index contributed by atoms with van der Waals surface area (Å²) in [6.07, 6.45) is 11.1. The van der Waals surface area contributed by atoms with Crippen LogP contribution in [0.1, 0.15) is 56.9 Å². The minimum absolute atomic E-state index is 0.367. The fourth-order valence-corrected chi connectivity index (χ4v) is 5.38. The van der Waals surface area contributed by atoms with Crippen molar-refractivity contribution in [2.24, 2.45) is 5.41 Å². The predicted octanol–water partition coefficient (Wildman–Crippen LogP) is 3.88. The van der Waals surface area contributed by atoms with E-state index >= 15 is 0 Å². The zero-order valence-corrected chi connectivity index (χ0v) is 15.5. The fraction of sp³-hybridized carbons (Fsp3) is 0.682. The standard InChI is InChI=1S/C22H32N2O/c25-21-11-14-22(13-6-15-23(17-22)20-9-4-5-10-20)18-24(21)16-12-19-7-2-1-3-8-19/h1-3,7-8,20H,4-6,9-18H2/t22-/m0/s1. The summed E-state index contributed by atoms with van der Waals surface area (Å²) in [5.74, 6) is 0.375. The summed E-state index contributed by atoms with van der Waals surface area (Å²) in [6.45, 7) is 4.38. The number of hydrogen-bond donors (Lipinski definition) is 0. The highest BCUT2D eigenvalue weighted by Gasteiger charge is 2.42. The number of benzene rings is 1. The Balaban J connectivity index is 1.39. The maximum Gasteiger partial charge on any atom is 0.222 e. The van der Waals surface area contributed by atoms with Gasteiger partial charge >= 0.3 is 0 Å². The van der Waals surface area contributed by atoms with Crippen LogP contribution in [-0.2, 0) is 11.2 Å². The van der Waals surface area contributed by atoms with Crippen molar-refractivity contribution < 1.29 is 4.79 Å². The summed E-state index contributed by atoms with van der Waals surface area (Å²) >= 11 is 0. The number of nitrogens with zero attached hydrogens (tertiary/aromatic N) is 2. The van der Waals surface area contributed by atoms with Gasteiger partial charge in [0.25, 0.3) is 0 Å². The fourth-order valence-electron chi connectivity index (χ4n) is 5.38. The van der Waals surface area contributed by atoms with Gasteiger partial charge in [0.05, 0.1) is 0 Å². The zero-order valence-electron chi connectivity index (χ0n) is 15.5. The van der Waals surface area contributed by atoms with Crippen molar-refractivity contribution in [1.82, 2.24) is 9.80 Å². The van der Waals surface area contributed by atoms with Gasteiger partial charge in [-0.05, 0) is 50.6 Å². The van der Waals surface area contributed by atoms with Gasteiger partial charge in [-0.15, -0.1) is 0 Å². The zero-order chi connectivity index (χ0) is 17.1. The molecule has 25 heavy (non-hydrogen) atoms. The first-order valence-electron chi connectivity index (χ1n) is 10.3. The molecule has 0 unspecified atom stereocenters. The first-order chi connectivity index (χ1) is 12.2. The lowest BCUT2D eigenvalue weighted by Gasteiger charge is -2.49. The molecule has 136 valence electrons. The Hall–Kier alpha value is -1.35. The molecule has 1 amide bonds. The van der Waals surface area contributed by atoms with Gasteiger partial charge in [0.1, 0.15) is 0 Å². The van der Waals surface area contributed by atoms with Crippen molar-refractivity contribution in [3.05, 3.63) is 35.9 Å². The average molecular weight is 341 g/mol. The van der Waals surface area contributed by atoms with Gasteiger partial charge in [0.15, 0.2) is 0 Å². The molecule has 2 saturated heterocycles. The van der Waals surface area contributed by atoms with Crippen LogP contribution in [0.4, 0.5) is 0 Å². The molecule has 1 spiro atoms. The minimum Gasteiger partial charge on any atom is -0.342 e. The largest absolute Gasteiger partial charge is 0.342 e. The van der Waals surface area contributed by atoms with E-state index in [9.17, 15) is 4.79 Å². The Labute approximate surface area is 152 Å². The molecule has 1 atom stereocenters.